The van der Waals surface area contributed by atoms with Gasteiger partial charge in [-0.05, 0) is 6.92 Å². The summed E-state index contributed by atoms with van der Waals surface area (Å²) < 4.78 is 48.7. The summed E-state index contributed by atoms with van der Waals surface area (Å²) in [5, 5.41) is 39.6. The van der Waals surface area contributed by atoms with Crippen molar-refractivity contribution in [2.24, 2.45) is 0 Å². The fraction of sp³-hybridized carbons (Fsp3) is 0.750. The molecule has 3 heterocycles. The Morgan fingerprint density at radius 2 is 1.83 bits per heavy atom. The maximum atomic E-state index is 12.2. The number of ether oxygens (including phenoxy) is 2. The molecule has 206 valence electrons. The molecule has 20 heteroatoms. The number of nitrogens with one attached hydrogen (secondary N) is 1. The van der Waals surface area contributed by atoms with E-state index in [0.717, 1.165) is 4.57 Å². The molecule has 2 fully saturated rings. The molecule has 4 unspecified atom stereocenters. The fourth-order valence-corrected chi connectivity index (χ4v) is 5.87. The van der Waals surface area contributed by atoms with Gasteiger partial charge in [0.15, 0.2) is 6.29 Å². The molecule has 6 N–H and O–H groups in total. The quantitative estimate of drug-likeness (QED) is 0.113. The highest BCUT2D eigenvalue weighted by atomic mass is 32.1. The predicted octanol–water partition coefficient (Wildman–Crippen LogP) is -3.15. The number of rotatable bonds is 9. The van der Waals surface area contributed by atoms with E-state index in [-0.39, 0.29) is 17.7 Å². The van der Waals surface area contributed by atoms with E-state index < -0.39 is 82.6 Å². The zero-order valence-corrected chi connectivity index (χ0v) is 21.1. The topological polar surface area (TPSA) is 259 Å². The molecule has 2 aliphatic heterocycles. The SMILES string of the molecule is Cc1cn([C@H]2C[C@@H](O)[C@@H](COP(=O)(O)OP(=O)([O-])O[C@H]3OC(CS)[C@@H](O)[C@H](O)C3O)O2)c(=O)[nH]c1=O. The minimum Gasteiger partial charge on any atom is -0.756 e. The van der Waals surface area contributed by atoms with Crippen molar-refractivity contribution in [1.29, 1.82) is 0 Å². The van der Waals surface area contributed by atoms with Crippen LogP contribution in [0.25, 0.3) is 0 Å². The van der Waals surface area contributed by atoms with E-state index in [1.807, 2.05) is 0 Å². The van der Waals surface area contributed by atoms with E-state index in [0.29, 0.717) is 0 Å². The molecule has 0 aromatic carbocycles. The van der Waals surface area contributed by atoms with Crippen LogP contribution in [-0.2, 0) is 32.0 Å². The Morgan fingerprint density at radius 1 is 1.17 bits per heavy atom. The Kier molecular flexibility index (Phi) is 9.40. The molecule has 1 aromatic heterocycles. The molecule has 17 nitrogen and oxygen atoms in total. The number of aromatic nitrogens is 2. The number of aliphatic hydroxyl groups excluding tert-OH is 4. The lowest BCUT2D eigenvalue weighted by Gasteiger charge is -2.41. The Hall–Kier alpha value is -0.950. The van der Waals surface area contributed by atoms with Gasteiger partial charge in [0.1, 0.15) is 30.6 Å². The molecule has 1 aromatic rings. The van der Waals surface area contributed by atoms with E-state index in [1.54, 1.807) is 0 Å². The smallest absolute Gasteiger partial charge is 0.478 e. The van der Waals surface area contributed by atoms with Crippen LogP contribution in [0.2, 0.25) is 0 Å². The molecular weight excluding hydrogens is 554 g/mol. The van der Waals surface area contributed by atoms with Gasteiger partial charge in [0.2, 0.25) is 0 Å². The number of nitrogens with zero attached hydrogens (tertiary/aromatic N) is 1. The lowest BCUT2D eigenvalue weighted by atomic mass is 10.0. The normalized spacial score (nSPS) is 36.3. The molecule has 0 radical (unpaired) electrons. The highest BCUT2D eigenvalue weighted by Gasteiger charge is 2.46. The second-order valence-corrected chi connectivity index (χ2v) is 11.3. The second kappa shape index (κ2) is 11.4. The third kappa shape index (κ3) is 6.92. The average molecular weight is 579 g/mol. The van der Waals surface area contributed by atoms with E-state index in [1.165, 1.54) is 13.1 Å². The van der Waals surface area contributed by atoms with Gasteiger partial charge in [-0.3, -0.25) is 28.0 Å². The minimum atomic E-state index is -5.73. The summed E-state index contributed by atoms with van der Waals surface area (Å²) in [6.07, 6.45) is -11.6. The third-order valence-electron chi connectivity index (χ3n) is 5.35. The third-order valence-corrected chi connectivity index (χ3v) is 8.27. The lowest BCUT2D eigenvalue weighted by molar-refractivity contribution is -0.295. The molecule has 10 atom stereocenters. The van der Waals surface area contributed by atoms with Crippen molar-refractivity contribution in [3.05, 3.63) is 32.6 Å². The number of aryl methyl sites for hydroxylation is 1. The van der Waals surface area contributed by atoms with Crippen molar-refractivity contribution in [2.45, 2.75) is 62.5 Å². The Morgan fingerprint density at radius 3 is 2.47 bits per heavy atom. The summed E-state index contributed by atoms with van der Waals surface area (Å²) in [4.78, 5) is 47.5. The summed E-state index contributed by atoms with van der Waals surface area (Å²) in [5.74, 6) is -0.202. The summed E-state index contributed by atoms with van der Waals surface area (Å²) >= 11 is 3.85. The molecule has 3 rings (SSSR count). The molecule has 2 aliphatic rings. The number of aliphatic hydroxyl groups is 4. The highest BCUT2D eigenvalue weighted by Crippen LogP contribution is 2.59. The predicted molar refractivity (Wildman–Crippen MR) is 117 cm³/mol. The summed E-state index contributed by atoms with van der Waals surface area (Å²) in [7, 11) is -11.1. The van der Waals surface area contributed by atoms with Crippen LogP contribution in [0.4, 0.5) is 0 Å². The first kappa shape index (κ1) is 29.6. The molecule has 2 saturated heterocycles. The molecule has 0 aliphatic carbocycles. The van der Waals surface area contributed by atoms with Crippen LogP contribution in [-0.4, -0.2) is 90.1 Å². The first-order valence-corrected chi connectivity index (χ1v) is 13.9. The summed E-state index contributed by atoms with van der Waals surface area (Å²) in [5.41, 5.74) is -1.26. The van der Waals surface area contributed by atoms with Crippen LogP contribution in [0.15, 0.2) is 15.8 Å². The van der Waals surface area contributed by atoms with Gasteiger partial charge in [0.25, 0.3) is 13.4 Å². The molecule has 0 bridgehead atoms. The second-order valence-electron chi connectivity index (χ2n) is 8.01. The van der Waals surface area contributed by atoms with Crippen molar-refractivity contribution >= 4 is 28.3 Å². The highest BCUT2D eigenvalue weighted by molar-refractivity contribution is 7.80. The molecule has 0 saturated carbocycles. The average Bonchev–Trinajstić information content (AvgIpc) is 3.14. The number of thiol groups is 1. The monoisotopic (exact) mass is 579 g/mol. The van der Waals surface area contributed by atoms with Crippen LogP contribution in [0, 0.1) is 6.92 Å². The van der Waals surface area contributed by atoms with Gasteiger partial charge < -0.3 is 39.7 Å². The Balaban J connectivity index is 1.59. The van der Waals surface area contributed by atoms with Crippen LogP contribution in [0.3, 0.4) is 0 Å². The first-order valence-electron chi connectivity index (χ1n) is 10.3. The van der Waals surface area contributed by atoms with Crippen molar-refractivity contribution in [3.63, 3.8) is 0 Å². The zero-order valence-electron chi connectivity index (χ0n) is 18.4. The number of aromatic amines is 1. The number of H-pyrrole nitrogens is 1. The first-order chi connectivity index (χ1) is 16.6. The Labute approximate surface area is 207 Å². The van der Waals surface area contributed by atoms with E-state index in [2.05, 4.69) is 31.0 Å². The molecule has 36 heavy (non-hydrogen) atoms. The van der Waals surface area contributed by atoms with Gasteiger partial charge >= 0.3 is 13.5 Å². The summed E-state index contributed by atoms with van der Waals surface area (Å²) in [6, 6.07) is 0. The number of hydrogen-bond donors (Lipinski definition) is 7. The minimum absolute atomic E-state index is 0.170. The van der Waals surface area contributed by atoms with Gasteiger partial charge in [-0.25, -0.2) is 13.7 Å². The van der Waals surface area contributed by atoms with Gasteiger partial charge in [0, 0.05) is 23.9 Å². The maximum absolute atomic E-state index is 12.2. The molecule has 0 amide bonds. The van der Waals surface area contributed by atoms with Crippen LogP contribution in [0.1, 0.15) is 18.2 Å². The number of phosphoric acid groups is 2. The van der Waals surface area contributed by atoms with Crippen LogP contribution < -0.4 is 16.1 Å². The van der Waals surface area contributed by atoms with Crippen LogP contribution in [0.5, 0.6) is 0 Å². The summed E-state index contributed by atoms with van der Waals surface area (Å²) in [6.45, 7) is 0.569. The Bertz CT molecular complexity index is 1140. The van der Waals surface area contributed by atoms with Crippen molar-refractivity contribution in [2.75, 3.05) is 12.4 Å². The number of hydrogen-bond acceptors (Lipinski definition) is 15. The van der Waals surface area contributed by atoms with Crippen LogP contribution >= 0.6 is 28.3 Å². The lowest BCUT2D eigenvalue weighted by Crippen LogP contribution is -2.58. The van der Waals surface area contributed by atoms with E-state index in [4.69, 9.17) is 9.47 Å². The van der Waals surface area contributed by atoms with Gasteiger partial charge in [-0.15, -0.1) is 0 Å². The van der Waals surface area contributed by atoms with E-state index in [9.17, 15) is 48.9 Å². The van der Waals surface area contributed by atoms with Crippen molar-refractivity contribution in [1.82, 2.24) is 9.55 Å². The maximum Gasteiger partial charge on any atom is 0.478 e. The fourth-order valence-electron chi connectivity index (χ4n) is 3.45. The number of phosphoric ester groups is 2. The standard InChI is InChI=1S/C16H26N2O15P2S/c1-6-3-18(16(24)17-14(6)23)10-2-7(19)8(30-10)4-29-34(25,26)33-35(27,28)32-15-13(22)12(21)11(20)9(5-36)31-15/h3,7-13,15,19-22,36H,2,4-5H2,1H3,(H,25,26)(H,27,28)(H,17,23,24)/p-1/t7-,8-,9?,10-,11-,12+,13?,15-/m1/s1. The van der Waals surface area contributed by atoms with Gasteiger partial charge in [-0.2, -0.15) is 12.6 Å². The van der Waals surface area contributed by atoms with E-state index >= 15 is 0 Å². The van der Waals surface area contributed by atoms with Gasteiger partial charge in [-0.1, -0.05) is 0 Å². The molecule has 0 spiro atoms. The molecular formula is C16H25N2O15P2S-. The van der Waals surface area contributed by atoms with Gasteiger partial charge in [0.05, 0.1) is 18.8 Å². The van der Waals surface area contributed by atoms with Crippen molar-refractivity contribution < 1.29 is 62.2 Å². The zero-order chi connectivity index (χ0) is 27.0. The van der Waals surface area contributed by atoms with Crippen molar-refractivity contribution in [3.8, 4) is 0 Å². The largest absolute Gasteiger partial charge is 0.756 e.